The topological polar surface area (TPSA) is 26.0 Å². The molecule has 1 unspecified atom stereocenters. The molecule has 4 rings (SSSR count). The molecular weight excluding hydrogens is 345 g/mol. The molecule has 1 aliphatic carbocycles. The zero-order valence-electron chi connectivity index (χ0n) is 15.1. The summed E-state index contributed by atoms with van der Waals surface area (Å²) in [6.07, 6.45) is 8.37. The highest BCUT2D eigenvalue weighted by Gasteiger charge is 2.25. The number of benzene rings is 3. The summed E-state index contributed by atoms with van der Waals surface area (Å²) in [6.45, 7) is 0. The molecule has 0 heterocycles. The fourth-order valence-corrected chi connectivity index (χ4v) is 6.02. The Bertz CT molecular complexity index is 933. The van der Waals surface area contributed by atoms with Crippen molar-refractivity contribution in [3.05, 3.63) is 126 Å². The van der Waals surface area contributed by atoms with Crippen LogP contribution in [0.15, 0.2) is 121 Å². The number of nitrogens with two attached hydrogens (primary N) is 1. The highest BCUT2D eigenvalue weighted by Crippen LogP contribution is 2.51. The van der Waals surface area contributed by atoms with E-state index in [2.05, 4.69) is 109 Å². The standard InChI is InChI=1S/C25H22NP/c26-24-19-11-10-18-23(24)25(20-12-4-1-5-13-20)27(21-14-6-2-7-15-21)22-16-8-3-9-17-22/h1-19,24H,26H2. The van der Waals surface area contributed by atoms with Crippen LogP contribution in [0.4, 0.5) is 0 Å². The molecule has 1 nitrogen and oxygen atoms in total. The Kier molecular flexibility index (Phi) is 5.44. The van der Waals surface area contributed by atoms with Crippen LogP contribution >= 0.6 is 7.92 Å². The summed E-state index contributed by atoms with van der Waals surface area (Å²) in [7, 11) is -0.726. The van der Waals surface area contributed by atoms with Gasteiger partial charge in [0.25, 0.3) is 0 Å². The van der Waals surface area contributed by atoms with Crippen molar-refractivity contribution < 1.29 is 0 Å². The largest absolute Gasteiger partial charge is 0.321 e. The third kappa shape index (κ3) is 3.85. The first kappa shape index (κ1) is 17.7. The first-order valence-electron chi connectivity index (χ1n) is 9.15. The van der Waals surface area contributed by atoms with E-state index in [9.17, 15) is 0 Å². The van der Waals surface area contributed by atoms with Crippen LogP contribution in [0.5, 0.6) is 0 Å². The van der Waals surface area contributed by atoms with Gasteiger partial charge in [-0.2, -0.15) is 0 Å². The zero-order chi connectivity index (χ0) is 18.5. The summed E-state index contributed by atoms with van der Waals surface area (Å²) in [4.78, 5) is 0. The van der Waals surface area contributed by atoms with E-state index in [4.69, 9.17) is 5.73 Å². The second-order valence-electron chi connectivity index (χ2n) is 6.45. The maximum absolute atomic E-state index is 6.53. The van der Waals surface area contributed by atoms with Gasteiger partial charge < -0.3 is 5.73 Å². The number of hydrogen-bond acceptors (Lipinski definition) is 1. The highest BCUT2D eigenvalue weighted by molar-refractivity contribution is 7.82. The molecule has 27 heavy (non-hydrogen) atoms. The fourth-order valence-electron chi connectivity index (χ4n) is 3.38. The smallest absolute Gasteiger partial charge is 0.0491 e. The zero-order valence-corrected chi connectivity index (χ0v) is 16.0. The molecule has 0 spiro atoms. The Morgan fingerprint density at radius 1 is 0.667 bits per heavy atom. The summed E-state index contributed by atoms with van der Waals surface area (Å²) in [5, 5.41) is 4.00. The Morgan fingerprint density at radius 3 is 1.70 bits per heavy atom. The average molecular weight is 367 g/mol. The predicted octanol–water partition coefficient (Wildman–Crippen LogP) is 4.98. The van der Waals surface area contributed by atoms with Crippen LogP contribution in [-0.2, 0) is 0 Å². The van der Waals surface area contributed by atoms with Crippen LogP contribution in [0.25, 0.3) is 5.31 Å². The summed E-state index contributed by atoms with van der Waals surface area (Å²) < 4.78 is 0. The second-order valence-corrected chi connectivity index (χ2v) is 8.60. The van der Waals surface area contributed by atoms with Crippen molar-refractivity contribution in [2.24, 2.45) is 5.73 Å². The van der Waals surface area contributed by atoms with Crippen molar-refractivity contribution >= 4 is 23.8 Å². The van der Waals surface area contributed by atoms with E-state index in [-0.39, 0.29) is 6.04 Å². The van der Waals surface area contributed by atoms with Gasteiger partial charge >= 0.3 is 0 Å². The van der Waals surface area contributed by atoms with Gasteiger partial charge in [-0.1, -0.05) is 115 Å². The number of rotatable bonds is 4. The molecule has 0 fully saturated rings. The van der Waals surface area contributed by atoms with Crippen molar-refractivity contribution in [3.63, 3.8) is 0 Å². The van der Waals surface area contributed by atoms with Crippen LogP contribution in [-0.4, -0.2) is 6.04 Å². The van der Waals surface area contributed by atoms with Gasteiger partial charge in [-0.25, -0.2) is 0 Å². The highest BCUT2D eigenvalue weighted by atomic mass is 31.1. The minimum Gasteiger partial charge on any atom is -0.321 e. The Morgan fingerprint density at radius 2 is 1.19 bits per heavy atom. The van der Waals surface area contributed by atoms with Crippen LogP contribution in [0, 0.1) is 0 Å². The lowest BCUT2D eigenvalue weighted by Gasteiger charge is -2.27. The monoisotopic (exact) mass is 367 g/mol. The summed E-state index contributed by atoms with van der Waals surface area (Å²) >= 11 is 0. The van der Waals surface area contributed by atoms with Crippen LogP contribution in [0.3, 0.4) is 0 Å². The van der Waals surface area contributed by atoms with E-state index in [0.717, 1.165) is 0 Å². The van der Waals surface area contributed by atoms with Crippen molar-refractivity contribution in [1.29, 1.82) is 0 Å². The normalized spacial score (nSPS) is 17.9. The van der Waals surface area contributed by atoms with E-state index in [1.54, 1.807) is 0 Å². The van der Waals surface area contributed by atoms with Gasteiger partial charge in [0.1, 0.15) is 0 Å². The molecule has 132 valence electrons. The molecule has 3 aromatic carbocycles. The Labute approximate surface area is 162 Å². The third-order valence-corrected chi connectivity index (χ3v) is 7.23. The van der Waals surface area contributed by atoms with Gasteiger partial charge in [0.15, 0.2) is 0 Å². The molecule has 3 aromatic rings. The SMILES string of the molecule is NC1C=CC=CC1=C(c1ccccc1)P(c1ccccc1)c1ccccc1. The molecular formula is C25H22NP. The minimum atomic E-state index is -0.726. The van der Waals surface area contributed by atoms with Gasteiger partial charge in [-0.05, 0) is 35.0 Å². The molecule has 0 amide bonds. The van der Waals surface area contributed by atoms with Gasteiger partial charge in [-0.3, -0.25) is 0 Å². The second kappa shape index (κ2) is 8.31. The fraction of sp³-hybridized carbons (Fsp3) is 0.0400. The van der Waals surface area contributed by atoms with Gasteiger partial charge in [0, 0.05) is 6.04 Å². The van der Waals surface area contributed by atoms with E-state index >= 15 is 0 Å². The van der Waals surface area contributed by atoms with E-state index in [1.807, 2.05) is 6.08 Å². The van der Waals surface area contributed by atoms with E-state index < -0.39 is 7.92 Å². The summed E-state index contributed by atoms with van der Waals surface area (Å²) in [5.41, 5.74) is 8.96. The molecule has 0 bridgehead atoms. The molecule has 2 N–H and O–H groups in total. The quantitative estimate of drug-likeness (QED) is 0.647. The maximum atomic E-state index is 6.53. The van der Waals surface area contributed by atoms with Crippen LogP contribution in [0.1, 0.15) is 5.56 Å². The first-order chi connectivity index (χ1) is 13.3. The lowest BCUT2D eigenvalue weighted by molar-refractivity contribution is 0.977. The third-order valence-electron chi connectivity index (χ3n) is 4.64. The number of allylic oxidation sites excluding steroid dienone is 2. The van der Waals surface area contributed by atoms with Crippen molar-refractivity contribution in [3.8, 4) is 0 Å². The van der Waals surface area contributed by atoms with Crippen molar-refractivity contribution in [1.82, 2.24) is 0 Å². The number of hydrogen-bond donors (Lipinski definition) is 1. The lowest BCUT2D eigenvalue weighted by atomic mass is 10.00. The van der Waals surface area contributed by atoms with Gasteiger partial charge in [0.2, 0.25) is 0 Å². The van der Waals surface area contributed by atoms with Gasteiger partial charge in [0.05, 0.1) is 0 Å². The van der Waals surface area contributed by atoms with Gasteiger partial charge in [-0.15, -0.1) is 0 Å². The van der Waals surface area contributed by atoms with Crippen molar-refractivity contribution in [2.75, 3.05) is 0 Å². The molecule has 0 aliphatic heterocycles. The van der Waals surface area contributed by atoms with Crippen molar-refractivity contribution in [2.45, 2.75) is 6.04 Å². The summed E-state index contributed by atoms with van der Waals surface area (Å²) in [5.74, 6) is 0. The molecule has 0 saturated heterocycles. The Balaban J connectivity index is 2.00. The molecule has 1 atom stereocenters. The van der Waals surface area contributed by atoms with E-state index in [1.165, 1.54) is 27.1 Å². The molecule has 0 aromatic heterocycles. The van der Waals surface area contributed by atoms with E-state index in [0.29, 0.717) is 0 Å². The first-order valence-corrected chi connectivity index (χ1v) is 10.5. The molecule has 0 saturated carbocycles. The predicted molar refractivity (Wildman–Crippen MR) is 119 cm³/mol. The minimum absolute atomic E-state index is 0.0948. The molecule has 0 radical (unpaired) electrons. The maximum Gasteiger partial charge on any atom is 0.0491 e. The Hall–Kier alpha value is -2.73. The average Bonchev–Trinajstić information content (AvgIpc) is 2.74. The summed E-state index contributed by atoms with van der Waals surface area (Å²) in [6, 6.07) is 32.1. The molecule has 2 heteroatoms. The lowest BCUT2D eigenvalue weighted by Crippen LogP contribution is -2.23. The van der Waals surface area contributed by atoms with Crippen LogP contribution < -0.4 is 16.3 Å². The molecule has 1 aliphatic rings. The van der Waals surface area contributed by atoms with Crippen LogP contribution in [0.2, 0.25) is 0 Å².